The molecule has 0 aliphatic carbocycles. The van der Waals surface area contributed by atoms with Crippen LogP contribution in [0, 0.1) is 0 Å². The number of hydrogen-bond donors (Lipinski definition) is 0. The lowest BCUT2D eigenvalue weighted by molar-refractivity contribution is 0.0993. The maximum Gasteiger partial charge on any atom is 0.277 e. The first kappa shape index (κ1) is 19.0. The first-order valence-electron chi connectivity index (χ1n) is 8.39. The molecule has 0 unspecified atom stereocenters. The van der Waals surface area contributed by atoms with Crippen LogP contribution in [0.5, 0.6) is 11.5 Å². The molecule has 7 heteroatoms. The molecule has 3 rings (SSSR count). The monoisotopic (exact) mass is 384 g/mol. The molecule has 2 aromatic carbocycles. The fourth-order valence-electron chi connectivity index (χ4n) is 2.47. The smallest absolute Gasteiger partial charge is 0.277 e. The minimum absolute atomic E-state index is 0.00226. The van der Waals surface area contributed by atoms with E-state index in [9.17, 15) is 4.79 Å². The van der Waals surface area contributed by atoms with Crippen molar-refractivity contribution in [3.8, 4) is 11.5 Å². The van der Waals surface area contributed by atoms with Gasteiger partial charge in [0.25, 0.3) is 5.22 Å². The first-order valence-corrected chi connectivity index (χ1v) is 9.27. The van der Waals surface area contributed by atoms with Crippen molar-refractivity contribution in [1.82, 2.24) is 10.2 Å². The number of carbonyl (C=O) groups excluding carboxylic acids is 1. The third kappa shape index (κ3) is 4.89. The van der Waals surface area contributed by atoms with Crippen LogP contribution in [0.15, 0.2) is 58.2 Å². The third-order valence-electron chi connectivity index (χ3n) is 3.98. The average molecular weight is 384 g/mol. The molecule has 1 heterocycles. The second kappa shape index (κ2) is 8.73. The zero-order chi connectivity index (χ0) is 19.2. The molecular formula is C20H20N2O4S. The summed E-state index contributed by atoms with van der Waals surface area (Å²) < 4.78 is 15.9. The quantitative estimate of drug-likeness (QED) is 0.428. The van der Waals surface area contributed by atoms with Gasteiger partial charge in [-0.15, -0.1) is 10.2 Å². The van der Waals surface area contributed by atoms with Gasteiger partial charge in [0.2, 0.25) is 5.89 Å². The Morgan fingerprint density at radius 3 is 2.19 bits per heavy atom. The van der Waals surface area contributed by atoms with Crippen molar-refractivity contribution < 1.29 is 18.7 Å². The SMILES string of the molecule is COc1ccc(Cc2nnc(S[C@H](C)C(=O)c3ccc(OC)cc3)o2)cc1. The number of aromatic nitrogens is 2. The van der Waals surface area contributed by atoms with E-state index in [1.807, 2.05) is 31.2 Å². The molecule has 3 aromatic rings. The van der Waals surface area contributed by atoms with E-state index in [4.69, 9.17) is 13.9 Å². The van der Waals surface area contributed by atoms with Gasteiger partial charge in [0.05, 0.1) is 25.9 Å². The van der Waals surface area contributed by atoms with E-state index in [0.717, 1.165) is 11.3 Å². The van der Waals surface area contributed by atoms with Crippen LogP contribution in [0.4, 0.5) is 0 Å². The molecule has 1 aromatic heterocycles. The predicted octanol–water partition coefficient (Wildman–Crippen LogP) is 4.04. The Labute approximate surface area is 161 Å². The summed E-state index contributed by atoms with van der Waals surface area (Å²) in [5.74, 6) is 2.02. The summed E-state index contributed by atoms with van der Waals surface area (Å²) in [6.45, 7) is 1.82. The standard InChI is InChI=1S/C20H20N2O4S/c1-13(19(23)15-6-10-17(25-3)11-7-15)27-20-22-21-18(26-20)12-14-4-8-16(24-2)9-5-14/h4-11,13H,12H2,1-3H3/t13-/m1/s1. The van der Waals surface area contributed by atoms with Gasteiger partial charge in [0.1, 0.15) is 11.5 Å². The molecule has 0 N–H and O–H groups in total. The van der Waals surface area contributed by atoms with Crippen LogP contribution in [0.25, 0.3) is 0 Å². The first-order chi connectivity index (χ1) is 13.1. The van der Waals surface area contributed by atoms with Gasteiger partial charge in [-0.3, -0.25) is 4.79 Å². The Balaban J connectivity index is 1.60. The number of ether oxygens (including phenoxy) is 2. The zero-order valence-corrected chi connectivity index (χ0v) is 16.2. The number of rotatable bonds is 8. The van der Waals surface area contributed by atoms with E-state index in [1.54, 1.807) is 38.5 Å². The normalized spacial score (nSPS) is 11.8. The molecule has 6 nitrogen and oxygen atoms in total. The molecule has 0 aliphatic heterocycles. The molecule has 0 saturated heterocycles. The molecule has 0 aliphatic rings. The van der Waals surface area contributed by atoms with Gasteiger partial charge in [0.15, 0.2) is 5.78 Å². The van der Waals surface area contributed by atoms with E-state index < -0.39 is 0 Å². The number of nitrogens with zero attached hydrogens (tertiary/aromatic N) is 2. The van der Waals surface area contributed by atoms with E-state index in [2.05, 4.69) is 10.2 Å². The van der Waals surface area contributed by atoms with Gasteiger partial charge in [-0.25, -0.2) is 0 Å². The topological polar surface area (TPSA) is 74.5 Å². The predicted molar refractivity (Wildman–Crippen MR) is 103 cm³/mol. The highest BCUT2D eigenvalue weighted by atomic mass is 32.2. The largest absolute Gasteiger partial charge is 0.497 e. The van der Waals surface area contributed by atoms with Crippen molar-refractivity contribution in [2.75, 3.05) is 14.2 Å². The highest BCUT2D eigenvalue weighted by Crippen LogP contribution is 2.26. The summed E-state index contributed by atoms with van der Waals surface area (Å²) in [5.41, 5.74) is 1.66. The summed E-state index contributed by atoms with van der Waals surface area (Å²) >= 11 is 1.25. The number of ketones is 1. The van der Waals surface area contributed by atoms with Crippen LogP contribution < -0.4 is 9.47 Å². The third-order valence-corrected chi connectivity index (χ3v) is 4.92. The van der Waals surface area contributed by atoms with E-state index in [0.29, 0.717) is 28.8 Å². The van der Waals surface area contributed by atoms with Gasteiger partial charge in [-0.1, -0.05) is 23.9 Å². The summed E-state index contributed by atoms with van der Waals surface area (Å²) in [6, 6.07) is 14.7. The molecule has 0 fully saturated rings. The van der Waals surface area contributed by atoms with E-state index in [1.165, 1.54) is 11.8 Å². The number of benzene rings is 2. The number of methoxy groups -OCH3 is 2. The number of thioether (sulfide) groups is 1. The Kier molecular flexibility index (Phi) is 6.13. The fourth-order valence-corrected chi connectivity index (χ4v) is 3.25. The Morgan fingerprint density at radius 1 is 1.00 bits per heavy atom. The zero-order valence-electron chi connectivity index (χ0n) is 15.3. The minimum Gasteiger partial charge on any atom is -0.497 e. The van der Waals surface area contributed by atoms with Gasteiger partial charge >= 0.3 is 0 Å². The highest BCUT2D eigenvalue weighted by molar-refractivity contribution is 8.00. The van der Waals surface area contributed by atoms with Crippen LogP contribution in [0.1, 0.15) is 28.7 Å². The molecular weight excluding hydrogens is 364 g/mol. The molecule has 0 spiro atoms. The molecule has 0 bridgehead atoms. The average Bonchev–Trinajstić information content (AvgIpc) is 3.14. The molecule has 0 amide bonds. The summed E-state index contributed by atoms with van der Waals surface area (Å²) in [5, 5.41) is 8.15. The van der Waals surface area contributed by atoms with E-state index in [-0.39, 0.29) is 11.0 Å². The van der Waals surface area contributed by atoms with Gasteiger partial charge in [-0.2, -0.15) is 0 Å². The Bertz CT molecular complexity index is 891. The van der Waals surface area contributed by atoms with Crippen molar-refractivity contribution in [1.29, 1.82) is 0 Å². The van der Waals surface area contributed by atoms with Crippen molar-refractivity contribution in [2.45, 2.75) is 23.8 Å². The van der Waals surface area contributed by atoms with Crippen LogP contribution in [-0.4, -0.2) is 35.5 Å². The van der Waals surface area contributed by atoms with Crippen molar-refractivity contribution >= 4 is 17.5 Å². The van der Waals surface area contributed by atoms with Crippen LogP contribution in [-0.2, 0) is 6.42 Å². The van der Waals surface area contributed by atoms with E-state index >= 15 is 0 Å². The lowest BCUT2D eigenvalue weighted by Crippen LogP contribution is -2.13. The highest BCUT2D eigenvalue weighted by Gasteiger charge is 2.20. The maximum atomic E-state index is 12.5. The lowest BCUT2D eigenvalue weighted by Gasteiger charge is -2.08. The number of hydrogen-bond acceptors (Lipinski definition) is 7. The molecule has 27 heavy (non-hydrogen) atoms. The van der Waals surface area contributed by atoms with Crippen molar-refractivity contribution in [2.24, 2.45) is 0 Å². The van der Waals surface area contributed by atoms with Crippen LogP contribution >= 0.6 is 11.8 Å². The minimum atomic E-state index is -0.340. The van der Waals surface area contributed by atoms with Crippen LogP contribution in [0.3, 0.4) is 0 Å². The fraction of sp³-hybridized carbons (Fsp3) is 0.250. The maximum absolute atomic E-state index is 12.5. The summed E-state index contributed by atoms with van der Waals surface area (Å²) in [7, 11) is 3.22. The molecule has 0 saturated carbocycles. The number of carbonyl (C=O) groups is 1. The van der Waals surface area contributed by atoms with Gasteiger partial charge in [-0.05, 0) is 48.9 Å². The van der Waals surface area contributed by atoms with Crippen molar-refractivity contribution in [3.63, 3.8) is 0 Å². The van der Waals surface area contributed by atoms with Crippen LogP contribution in [0.2, 0.25) is 0 Å². The summed E-state index contributed by atoms with van der Waals surface area (Å²) in [4.78, 5) is 12.5. The molecule has 1 atom stereocenters. The number of Topliss-reactive ketones (excluding diaryl/α,β-unsaturated/α-hetero) is 1. The molecule has 140 valence electrons. The van der Waals surface area contributed by atoms with Gasteiger partial charge in [0, 0.05) is 5.56 Å². The summed E-state index contributed by atoms with van der Waals surface area (Å²) in [6.07, 6.45) is 0.526. The Morgan fingerprint density at radius 2 is 1.59 bits per heavy atom. The Hall–Kier alpha value is -2.80. The van der Waals surface area contributed by atoms with Gasteiger partial charge < -0.3 is 13.9 Å². The van der Waals surface area contributed by atoms with Crippen molar-refractivity contribution in [3.05, 3.63) is 65.5 Å². The lowest BCUT2D eigenvalue weighted by atomic mass is 10.1. The molecule has 0 radical (unpaired) electrons. The second-order valence-corrected chi connectivity index (χ2v) is 7.13. The second-order valence-electron chi connectivity index (χ2n) is 5.84.